The fourth-order valence-corrected chi connectivity index (χ4v) is 2.48. The summed E-state index contributed by atoms with van der Waals surface area (Å²) >= 11 is 0. The highest BCUT2D eigenvalue weighted by Gasteiger charge is 2.40. The van der Waals surface area contributed by atoms with Gasteiger partial charge in [-0.2, -0.15) is 0 Å². The second kappa shape index (κ2) is 5.69. The second-order valence-electron chi connectivity index (χ2n) is 5.97. The third-order valence-corrected chi connectivity index (χ3v) is 3.26. The first-order valence-corrected chi connectivity index (χ1v) is 6.43. The van der Waals surface area contributed by atoms with Gasteiger partial charge in [-0.25, -0.2) is 0 Å². The first-order valence-electron chi connectivity index (χ1n) is 6.43. The van der Waals surface area contributed by atoms with E-state index in [0.29, 0.717) is 0 Å². The van der Waals surface area contributed by atoms with Gasteiger partial charge < -0.3 is 15.6 Å². The van der Waals surface area contributed by atoms with Crippen LogP contribution in [0.1, 0.15) is 46.5 Å². The van der Waals surface area contributed by atoms with E-state index in [0.717, 1.165) is 25.7 Å². The Hall–Kier alpha value is -1.10. The lowest BCUT2D eigenvalue weighted by Gasteiger charge is -2.27. The summed E-state index contributed by atoms with van der Waals surface area (Å²) in [6, 6.07) is -1.08. The number of aliphatic carboxylic acids is 1. The molecule has 5 heteroatoms. The summed E-state index contributed by atoms with van der Waals surface area (Å²) in [5.41, 5.74) is 5.15. The van der Waals surface area contributed by atoms with Gasteiger partial charge in [0, 0.05) is 0 Å². The molecule has 0 radical (unpaired) electrons. The summed E-state index contributed by atoms with van der Waals surface area (Å²) in [4.78, 5) is 23.2. The monoisotopic (exact) mass is 257 g/mol. The van der Waals surface area contributed by atoms with Gasteiger partial charge in [0.15, 0.2) is 0 Å². The SMILES string of the molecule is CC(C)(C)OC(=O)C(N)C(C(=O)O)C1CCCC1. The maximum atomic E-state index is 11.9. The van der Waals surface area contributed by atoms with Gasteiger partial charge in [0.1, 0.15) is 11.6 Å². The summed E-state index contributed by atoms with van der Waals surface area (Å²) in [7, 11) is 0. The van der Waals surface area contributed by atoms with Crippen LogP contribution in [0.4, 0.5) is 0 Å². The lowest BCUT2D eigenvalue weighted by Crippen LogP contribution is -2.47. The van der Waals surface area contributed by atoms with Crippen LogP contribution >= 0.6 is 0 Å². The molecule has 0 heterocycles. The summed E-state index contributed by atoms with van der Waals surface area (Å²) in [6.07, 6.45) is 3.67. The predicted octanol–water partition coefficient (Wildman–Crippen LogP) is 1.55. The number of nitrogens with two attached hydrogens (primary N) is 1. The molecule has 0 bridgehead atoms. The molecule has 2 atom stereocenters. The Morgan fingerprint density at radius 3 is 2.17 bits per heavy atom. The Labute approximate surface area is 108 Å². The van der Waals surface area contributed by atoms with Crippen LogP contribution in [0, 0.1) is 11.8 Å². The molecule has 0 aromatic rings. The topological polar surface area (TPSA) is 89.6 Å². The van der Waals surface area contributed by atoms with Gasteiger partial charge in [0.25, 0.3) is 0 Å². The van der Waals surface area contributed by atoms with Crippen LogP contribution in [0.2, 0.25) is 0 Å². The highest BCUT2D eigenvalue weighted by molar-refractivity contribution is 5.84. The van der Waals surface area contributed by atoms with Crippen molar-refractivity contribution in [2.45, 2.75) is 58.1 Å². The summed E-state index contributed by atoms with van der Waals surface area (Å²) in [5.74, 6) is -2.46. The van der Waals surface area contributed by atoms with Gasteiger partial charge in [-0.1, -0.05) is 12.8 Å². The zero-order valence-corrected chi connectivity index (χ0v) is 11.3. The van der Waals surface area contributed by atoms with Crippen LogP contribution < -0.4 is 5.73 Å². The largest absolute Gasteiger partial charge is 0.481 e. The number of carboxylic acids is 1. The minimum Gasteiger partial charge on any atom is -0.481 e. The van der Waals surface area contributed by atoms with Gasteiger partial charge >= 0.3 is 11.9 Å². The van der Waals surface area contributed by atoms with E-state index < -0.39 is 29.5 Å². The third-order valence-electron chi connectivity index (χ3n) is 3.26. The number of carbonyl (C=O) groups is 2. The van der Waals surface area contributed by atoms with Crippen LogP contribution in [0.25, 0.3) is 0 Å². The lowest BCUT2D eigenvalue weighted by molar-refractivity contribution is -0.163. The van der Waals surface area contributed by atoms with Crippen molar-refractivity contribution >= 4 is 11.9 Å². The quantitative estimate of drug-likeness (QED) is 0.746. The van der Waals surface area contributed by atoms with Gasteiger partial charge in [-0.05, 0) is 39.5 Å². The Morgan fingerprint density at radius 1 is 1.28 bits per heavy atom. The van der Waals surface area contributed by atoms with Crippen LogP contribution in [-0.4, -0.2) is 28.7 Å². The number of rotatable bonds is 4. The molecule has 18 heavy (non-hydrogen) atoms. The normalized spacial score (nSPS) is 20.4. The first kappa shape index (κ1) is 15.0. The van der Waals surface area contributed by atoms with E-state index in [1.807, 2.05) is 0 Å². The van der Waals surface area contributed by atoms with Crippen LogP contribution in [-0.2, 0) is 14.3 Å². The number of ether oxygens (including phenoxy) is 1. The van der Waals surface area contributed by atoms with Gasteiger partial charge in [0.2, 0.25) is 0 Å². The van der Waals surface area contributed by atoms with Crippen LogP contribution in [0.15, 0.2) is 0 Å². The summed E-state index contributed by atoms with van der Waals surface area (Å²) < 4.78 is 5.16. The minimum absolute atomic E-state index is 0.00924. The van der Waals surface area contributed by atoms with E-state index in [9.17, 15) is 14.7 Å². The van der Waals surface area contributed by atoms with Crippen molar-refractivity contribution in [1.82, 2.24) is 0 Å². The standard InChI is InChI=1S/C13H23NO4/c1-13(2,3)18-12(17)10(14)9(11(15)16)8-6-4-5-7-8/h8-10H,4-7,14H2,1-3H3,(H,15,16). The molecule has 5 nitrogen and oxygen atoms in total. The Kier molecular flexibility index (Phi) is 4.73. The van der Waals surface area contributed by atoms with E-state index in [1.165, 1.54) is 0 Å². The van der Waals surface area contributed by atoms with Crippen LogP contribution in [0.5, 0.6) is 0 Å². The smallest absolute Gasteiger partial charge is 0.324 e. The molecule has 0 amide bonds. The maximum absolute atomic E-state index is 11.9. The molecular formula is C13H23NO4. The summed E-state index contributed by atoms with van der Waals surface area (Å²) in [6.45, 7) is 5.22. The minimum atomic E-state index is -1.08. The molecule has 1 rings (SSSR count). The number of hydrogen-bond acceptors (Lipinski definition) is 4. The number of carbonyl (C=O) groups excluding carboxylic acids is 1. The van der Waals surface area contributed by atoms with Gasteiger partial charge in [0.05, 0.1) is 5.92 Å². The molecule has 3 N–H and O–H groups in total. The molecule has 1 fully saturated rings. The van der Waals surface area contributed by atoms with Gasteiger partial charge in [-0.3, -0.25) is 9.59 Å². The van der Waals surface area contributed by atoms with Crippen molar-refractivity contribution < 1.29 is 19.4 Å². The average molecular weight is 257 g/mol. The van der Waals surface area contributed by atoms with E-state index in [1.54, 1.807) is 20.8 Å². The van der Waals surface area contributed by atoms with Crippen LogP contribution in [0.3, 0.4) is 0 Å². The number of hydrogen-bond donors (Lipinski definition) is 2. The number of esters is 1. The fourth-order valence-electron chi connectivity index (χ4n) is 2.48. The highest BCUT2D eigenvalue weighted by Crippen LogP contribution is 2.33. The van der Waals surface area contributed by atoms with Crippen molar-refractivity contribution in [2.24, 2.45) is 17.6 Å². The molecule has 1 aliphatic rings. The molecule has 0 spiro atoms. The summed E-state index contributed by atoms with van der Waals surface area (Å²) in [5, 5.41) is 9.26. The maximum Gasteiger partial charge on any atom is 0.324 e. The molecule has 104 valence electrons. The fraction of sp³-hybridized carbons (Fsp3) is 0.846. The van der Waals surface area contributed by atoms with E-state index >= 15 is 0 Å². The lowest BCUT2D eigenvalue weighted by atomic mass is 9.85. The Balaban J connectivity index is 2.73. The zero-order chi connectivity index (χ0) is 13.9. The second-order valence-corrected chi connectivity index (χ2v) is 5.97. The van der Waals surface area contributed by atoms with Crippen molar-refractivity contribution in [1.29, 1.82) is 0 Å². The molecule has 2 unspecified atom stereocenters. The van der Waals surface area contributed by atoms with E-state index in [-0.39, 0.29) is 5.92 Å². The molecule has 0 saturated heterocycles. The Morgan fingerprint density at radius 2 is 1.78 bits per heavy atom. The molecule has 1 aliphatic carbocycles. The zero-order valence-electron chi connectivity index (χ0n) is 11.3. The molecule has 0 aromatic carbocycles. The first-order chi connectivity index (χ1) is 8.22. The average Bonchev–Trinajstić information content (AvgIpc) is 2.67. The van der Waals surface area contributed by atoms with E-state index in [2.05, 4.69) is 0 Å². The van der Waals surface area contributed by atoms with Crippen molar-refractivity contribution in [3.63, 3.8) is 0 Å². The molecular weight excluding hydrogens is 234 g/mol. The van der Waals surface area contributed by atoms with Crippen molar-refractivity contribution in [2.75, 3.05) is 0 Å². The Bertz CT molecular complexity index is 315. The third kappa shape index (κ3) is 3.98. The van der Waals surface area contributed by atoms with Crippen molar-refractivity contribution in [3.8, 4) is 0 Å². The van der Waals surface area contributed by atoms with Crippen molar-refractivity contribution in [3.05, 3.63) is 0 Å². The highest BCUT2D eigenvalue weighted by atomic mass is 16.6. The number of carboxylic acid groups (broad SMARTS) is 1. The molecule has 0 aromatic heterocycles. The van der Waals surface area contributed by atoms with Gasteiger partial charge in [-0.15, -0.1) is 0 Å². The predicted molar refractivity (Wildman–Crippen MR) is 66.9 cm³/mol. The molecule has 1 saturated carbocycles. The van der Waals surface area contributed by atoms with E-state index in [4.69, 9.17) is 10.5 Å². The molecule has 0 aliphatic heterocycles.